The van der Waals surface area contributed by atoms with Gasteiger partial charge >= 0.3 is 0 Å². The summed E-state index contributed by atoms with van der Waals surface area (Å²) in [4.78, 5) is 10.1. The molecule has 0 aliphatic heterocycles. The minimum atomic E-state index is 0.656. The predicted molar refractivity (Wildman–Crippen MR) is 135 cm³/mol. The zero-order valence-corrected chi connectivity index (χ0v) is 18.7. The van der Waals surface area contributed by atoms with Gasteiger partial charge in [0.2, 0.25) is 5.95 Å². The third-order valence-electron chi connectivity index (χ3n) is 5.70. The van der Waals surface area contributed by atoms with Crippen molar-refractivity contribution in [2.75, 3.05) is 0 Å². The number of nitrogens with zero attached hydrogens (tertiary/aromatic N) is 3. The van der Waals surface area contributed by atoms with Crippen LogP contribution in [0.4, 0.5) is 0 Å². The van der Waals surface area contributed by atoms with Crippen LogP contribution in [0, 0.1) is 0 Å². The second-order valence-electron chi connectivity index (χ2n) is 7.66. The molecule has 0 N–H and O–H groups in total. The quantitative estimate of drug-likeness (QED) is 0.262. The van der Waals surface area contributed by atoms with Crippen molar-refractivity contribution in [3.8, 4) is 28.5 Å². The van der Waals surface area contributed by atoms with E-state index in [0.717, 1.165) is 38.0 Å². The number of halogens is 1. The van der Waals surface area contributed by atoms with Crippen molar-refractivity contribution in [2.24, 2.45) is 0 Å². The minimum Gasteiger partial charge on any atom is -0.277 e. The SMILES string of the molecule is Brc1cccc2c3ccccc3n(-c3nc(-c4ccccc4)cc(-c4ccccc4)n3)c12. The second kappa shape index (κ2) is 7.74. The van der Waals surface area contributed by atoms with E-state index in [0.29, 0.717) is 5.95 Å². The molecule has 3 nitrogen and oxygen atoms in total. The molecule has 0 saturated carbocycles. The molecule has 0 aliphatic rings. The molecular formula is C28H18BrN3. The van der Waals surface area contributed by atoms with Gasteiger partial charge in [-0.25, -0.2) is 9.97 Å². The van der Waals surface area contributed by atoms with Crippen molar-refractivity contribution in [3.63, 3.8) is 0 Å². The lowest BCUT2D eigenvalue weighted by Gasteiger charge is -2.12. The molecule has 152 valence electrons. The van der Waals surface area contributed by atoms with E-state index in [1.54, 1.807) is 0 Å². The first-order valence-electron chi connectivity index (χ1n) is 10.5. The Morgan fingerprint density at radius 3 is 1.78 bits per heavy atom. The van der Waals surface area contributed by atoms with Crippen LogP contribution in [-0.2, 0) is 0 Å². The van der Waals surface area contributed by atoms with Gasteiger partial charge in [0, 0.05) is 26.4 Å². The monoisotopic (exact) mass is 475 g/mol. The fourth-order valence-electron chi connectivity index (χ4n) is 4.23. The Morgan fingerprint density at radius 1 is 0.562 bits per heavy atom. The van der Waals surface area contributed by atoms with E-state index in [-0.39, 0.29) is 0 Å². The lowest BCUT2D eigenvalue weighted by molar-refractivity contribution is 0.994. The average Bonchev–Trinajstić information content (AvgIpc) is 3.21. The van der Waals surface area contributed by atoms with Gasteiger partial charge in [0.15, 0.2) is 0 Å². The van der Waals surface area contributed by atoms with Crippen LogP contribution in [0.5, 0.6) is 0 Å². The Labute approximate surface area is 194 Å². The number of hydrogen-bond donors (Lipinski definition) is 0. The van der Waals surface area contributed by atoms with Gasteiger partial charge in [-0.05, 0) is 34.1 Å². The summed E-state index contributed by atoms with van der Waals surface area (Å²) in [6.45, 7) is 0. The van der Waals surface area contributed by atoms with Crippen LogP contribution in [-0.4, -0.2) is 14.5 Å². The van der Waals surface area contributed by atoms with Gasteiger partial charge in [-0.3, -0.25) is 4.57 Å². The number of benzene rings is 4. The molecule has 0 spiro atoms. The molecule has 0 radical (unpaired) electrons. The maximum Gasteiger partial charge on any atom is 0.235 e. The molecule has 0 aliphatic carbocycles. The molecule has 0 bridgehead atoms. The topological polar surface area (TPSA) is 30.7 Å². The van der Waals surface area contributed by atoms with Gasteiger partial charge in [0.1, 0.15) is 0 Å². The summed E-state index contributed by atoms with van der Waals surface area (Å²) in [6.07, 6.45) is 0. The van der Waals surface area contributed by atoms with Gasteiger partial charge in [-0.1, -0.05) is 91.0 Å². The van der Waals surface area contributed by atoms with Gasteiger partial charge in [-0.15, -0.1) is 0 Å². The van der Waals surface area contributed by atoms with E-state index in [2.05, 4.69) is 93.3 Å². The van der Waals surface area contributed by atoms with Gasteiger partial charge in [-0.2, -0.15) is 0 Å². The largest absolute Gasteiger partial charge is 0.277 e. The molecule has 32 heavy (non-hydrogen) atoms. The maximum atomic E-state index is 5.04. The molecule has 6 rings (SSSR count). The van der Waals surface area contributed by atoms with Gasteiger partial charge in [0.25, 0.3) is 0 Å². The molecular weight excluding hydrogens is 458 g/mol. The normalized spacial score (nSPS) is 11.3. The smallest absolute Gasteiger partial charge is 0.235 e. The molecule has 2 aromatic heterocycles. The van der Waals surface area contributed by atoms with Crippen molar-refractivity contribution in [3.05, 3.63) is 114 Å². The van der Waals surface area contributed by atoms with E-state index in [4.69, 9.17) is 9.97 Å². The van der Waals surface area contributed by atoms with E-state index in [1.165, 1.54) is 10.8 Å². The average molecular weight is 476 g/mol. The zero-order chi connectivity index (χ0) is 21.5. The first kappa shape index (κ1) is 19.0. The lowest BCUT2D eigenvalue weighted by Crippen LogP contribution is -2.04. The van der Waals surface area contributed by atoms with Crippen LogP contribution in [0.2, 0.25) is 0 Å². The molecule has 0 atom stereocenters. The fraction of sp³-hybridized carbons (Fsp3) is 0. The third-order valence-corrected chi connectivity index (χ3v) is 6.34. The highest BCUT2D eigenvalue weighted by Crippen LogP contribution is 2.36. The number of para-hydroxylation sites is 2. The van der Waals surface area contributed by atoms with Crippen molar-refractivity contribution in [1.82, 2.24) is 14.5 Å². The summed E-state index contributed by atoms with van der Waals surface area (Å²) in [5, 5.41) is 2.35. The number of fused-ring (bicyclic) bond motifs is 3. The lowest BCUT2D eigenvalue weighted by atomic mass is 10.1. The highest BCUT2D eigenvalue weighted by molar-refractivity contribution is 9.10. The van der Waals surface area contributed by atoms with Crippen LogP contribution in [0.25, 0.3) is 50.3 Å². The minimum absolute atomic E-state index is 0.656. The summed E-state index contributed by atoms with van der Waals surface area (Å²) in [5.41, 5.74) is 6.07. The standard InChI is InChI=1S/C28H18BrN3/c29-23-16-9-15-22-21-14-7-8-17-26(21)32(27(22)23)28-30-24(19-10-3-1-4-11-19)18-25(31-28)20-12-5-2-6-13-20/h1-18H. The summed E-state index contributed by atoms with van der Waals surface area (Å²) in [6, 6.07) is 37.3. The van der Waals surface area contributed by atoms with Crippen molar-refractivity contribution in [2.45, 2.75) is 0 Å². The Bertz CT molecular complexity index is 1510. The predicted octanol–water partition coefficient (Wildman–Crippen LogP) is 7.67. The van der Waals surface area contributed by atoms with Crippen molar-refractivity contribution >= 4 is 37.7 Å². The molecule has 0 unspecified atom stereocenters. The summed E-state index contributed by atoms with van der Waals surface area (Å²) < 4.78 is 3.18. The Hall–Kier alpha value is -3.76. The van der Waals surface area contributed by atoms with Crippen LogP contribution in [0.1, 0.15) is 0 Å². The Kier molecular flexibility index (Phi) is 4.58. The first-order valence-corrected chi connectivity index (χ1v) is 11.3. The maximum absolute atomic E-state index is 5.04. The number of aromatic nitrogens is 3. The molecule has 0 fully saturated rings. The summed E-state index contributed by atoms with van der Waals surface area (Å²) in [5.74, 6) is 0.656. The number of hydrogen-bond acceptors (Lipinski definition) is 2. The highest BCUT2D eigenvalue weighted by atomic mass is 79.9. The van der Waals surface area contributed by atoms with Crippen LogP contribution in [0.15, 0.2) is 114 Å². The van der Waals surface area contributed by atoms with Crippen LogP contribution < -0.4 is 0 Å². The van der Waals surface area contributed by atoms with E-state index < -0.39 is 0 Å². The Morgan fingerprint density at radius 2 is 1.12 bits per heavy atom. The van der Waals surface area contributed by atoms with Crippen LogP contribution in [0.3, 0.4) is 0 Å². The second-order valence-corrected chi connectivity index (χ2v) is 8.51. The molecule has 2 heterocycles. The summed E-state index contributed by atoms with van der Waals surface area (Å²) >= 11 is 3.77. The van der Waals surface area contributed by atoms with Gasteiger partial charge in [0.05, 0.1) is 22.4 Å². The first-order chi connectivity index (χ1) is 15.8. The zero-order valence-electron chi connectivity index (χ0n) is 17.1. The van der Waals surface area contributed by atoms with Crippen molar-refractivity contribution < 1.29 is 0 Å². The number of rotatable bonds is 3. The van der Waals surface area contributed by atoms with E-state index in [1.807, 2.05) is 36.4 Å². The van der Waals surface area contributed by atoms with Crippen molar-refractivity contribution in [1.29, 1.82) is 0 Å². The Balaban J connectivity index is 1.72. The van der Waals surface area contributed by atoms with E-state index in [9.17, 15) is 0 Å². The fourth-order valence-corrected chi connectivity index (χ4v) is 4.78. The molecule has 0 saturated heterocycles. The molecule has 0 amide bonds. The third kappa shape index (κ3) is 3.12. The molecule has 6 aromatic rings. The summed E-state index contributed by atoms with van der Waals surface area (Å²) in [7, 11) is 0. The van der Waals surface area contributed by atoms with Gasteiger partial charge < -0.3 is 0 Å². The van der Waals surface area contributed by atoms with Crippen LogP contribution >= 0.6 is 15.9 Å². The molecule has 4 aromatic carbocycles. The van der Waals surface area contributed by atoms with E-state index >= 15 is 0 Å². The highest BCUT2D eigenvalue weighted by Gasteiger charge is 2.18. The molecule has 4 heteroatoms.